The summed E-state index contributed by atoms with van der Waals surface area (Å²) in [6.07, 6.45) is 0.341. The first kappa shape index (κ1) is 22.1. The molecule has 0 bridgehead atoms. The largest absolute Gasteiger partial charge is 0.425 e. The van der Waals surface area contributed by atoms with Gasteiger partial charge in [-0.05, 0) is 48.4 Å². The highest BCUT2D eigenvalue weighted by Gasteiger charge is 2.31. The Hall–Kier alpha value is -3.10. The van der Waals surface area contributed by atoms with Crippen LogP contribution in [0.1, 0.15) is 18.4 Å². The zero-order valence-electron chi connectivity index (χ0n) is 17.5. The van der Waals surface area contributed by atoms with Gasteiger partial charge in [0.05, 0.1) is 13.0 Å². The molecule has 4 rings (SSSR count). The van der Waals surface area contributed by atoms with Gasteiger partial charge in [0, 0.05) is 35.9 Å². The molecule has 0 saturated carbocycles. The molecule has 0 spiro atoms. The Kier molecular flexibility index (Phi) is 6.92. The van der Waals surface area contributed by atoms with Crippen molar-refractivity contribution in [2.24, 2.45) is 0 Å². The third-order valence-electron chi connectivity index (χ3n) is 5.44. The normalized spacial score (nSPS) is 18.5. The maximum Gasteiger partial charge on any atom is 0.413 e. The molecule has 2 aromatic carbocycles. The molecule has 2 aromatic rings. The van der Waals surface area contributed by atoms with Crippen molar-refractivity contribution in [3.05, 3.63) is 59.1 Å². The van der Waals surface area contributed by atoms with E-state index >= 15 is 0 Å². The minimum Gasteiger partial charge on any atom is -0.425 e. The van der Waals surface area contributed by atoms with Gasteiger partial charge in [-0.3, -0.25) is 14.9 Å². The summed E-state index contributed by atoms with van der Waals surface area (Å²) in [6, 6.07) is 14.0. The van der Waals surface area contributed by atoms with Gasteiger partial charge in [-0.25, -0.2) is 4.79 Å². The van der Waals surface area contributed by atoms with E-state index in [1.165, 1.54) is 0 Å². The van der Waals surface area contributed by atoms with E-state index in [1.54, 1.807) is 34.1 Å². The molecule has 2 heterocycles. The molecular formula is C23H24ClN3O5. The first-order valence-electron chi connectivity index (χ1n) is 10.5. The lowest BCUT2D eigenvalue weighted by Gasteiger charge is -2.27. The van der Waals surface area contributed by atoms with E-state index in [0.717, 1.165) is 17.7 Å². The minimum atomic E-state index is -0.614. The van der Waals surface area contributed by atoms with Gasteiger partial charge in [0.2, 0.25) is 5.91 Å². The van der Waals surface area contributed by atoms with Gasteiger partial charge in [-0.15, -0.1) is 0 Å². The number of rotatable bonds is 5. The average Bonchev–Trinajstić information content (AvgIpc) is 3.24. The predicted octanol–water partition coefficient (Wildman–Crippen LogP) is 3.44. The zero-order chi connectivity index (χ0) is 22.5. The van der Waals surface area contributed by atoms with Gasteiger partial charge in [-0.2, -0.15) is 0 Å². The van der Waals surface area contributed by atoms with Crippen molar-refractivity contribution in [3.63, 3.8) is 0 Å². The van der Waals surface area contributed by atoms with Crippen LogP contribution < -0.4 is 10.2 Å². The molecule has 0 aliphatic carbocycles. The molecule has 2 aliphatic rings. The standard InChI is InChI=1S/C23H24ClN3O5/c24-17-5-7-18(8-6-17)25-23(30)32-22-2-1-11-27(22)20(28)14-16-3-9-19(10-4-16)26-12-13-31-15-21(26)29/h3-10,22H,1-2,11-15H2,(H,25,30)/t22-/m1/s1. The van der Waals surface area contributed by atoms with Gasteiger partial charge >= 0.3 is 6.09 Å². The quantitative estimate of drug-likeness (QED) is 0.743. The number of benzene rings is 2. The number of hydrogen-bond donors (Lipinski definition) is 1. The Bertz CT molecular complexity index is 980. The zero-order valence-corrected chi connectivity index (χ0v) is 18.2. The smallest absolute Gasteiger partial charge is 0.413 e. The molecule has 0 aromatic heterocycles. The van der Waals surface area contributed by atoms with Crippen LogP contribution in [0.15, 0.2) is 48.5 Å². The number of carbonyl (C=O) groups excluding carboxylic acids is 3. The van der Waals surface area contributed by atoms with Crippen LogP contribution in [0.2, 0.25) is 5.02 Å². The Morgan fingerprint density at radius 1 is 1.09 bits per heavy atom. The van der Waals surface area contributed by atoms with E-state index in [9.17, 15) is 14.4 Å². The number of ether oxygens (including phenoxy) is 2. The second-order valence-electron chi connectivity index (χ2n) is 7.66. The second-order valence-corrected chi connectivity index (χ2v) is 8.10. The lowest BCUT2D eigenvalue weighted by molar-refractivity contribution is -0.137. The number of halogens is 1. The number of nitrogens with one attached hydrogen (secondary N) is 1. The number of morpholine rings is 1. The summed E-state index contributed by atoms with van der Waals surface area (Å²) in [6.45, 7) is 1.65. The molecule has 2 fully saturated rings. The molecule has 1 N–H and O–H groups in total. The van der Waals surface area contributed by atoms with Crippen LogP contribution in [0.4, 0.5) is 16.2 Å². The maximum absolute atomic E-state index is 12.9. The molecule has 1 atom stereocenters. The molecule has 2 saturated heterocycles. The van der Waals surface area contributed by atoms with Crippen molar-refractivity contribution < 1.29 is 23.9 Å². The van der Waals surface area contributed by atoms with Crippen LogP contribution in [0, 0.1) is 0 Å². The second kappa shape index (κ2) is 10.0. The van der Waals surface area contributed by atoms with E-state index in [4.69, 9.17) is 21.1 Å². The average molecular weight is 458 g/mol. The van der Waals surface area contributed by atoms with Gasteiger partial charge < -0.3 is 19.3 Å². The third kappa shape index (κ3) is 5.38. The van der Waals surface area contributed by atoms with Crippen molar-refractivity contribution in [1.29, 1.82) is 0 Å². The maximum atomic E-state index is 12.9. The fourth-order valence-corrected chi connectivity index (χ4v) is 3.93. The first-order chi connectivity index (χ1) is 15.5. The molecule has 9 heteroatoms. The number of likely N-dealkylation sites (tertiary alicyclic amines) is 1. The number of carbonyl (C=O) groups is 3. The third-order valence-corrected chi connectivity index (χ3v) is 5.69. The van der Waals surface area contributed by atoms with Gasteiger partial charge in [0.25, 0.3) is 5.91 Å². The monoisotopic (exact) mass is 457 g/mol. The molecular weight excluding hydrogens is 434 g/mol. The fraction of sp³-hybridized carbons (Fsp3) is 0.348. The van der Waals surface area contributed by atoms with E-state index in [2.05, 4.69) is 5.32 Å². The molecule has 2 aliphatic heterocycles. The van der Waals surface area contributed by atoms with Crippen LogP contribution in [-0.2, 0) is 25.5 Å². The lowest BCUT2D eigenvalue weighted by atomic mass is 10.1. The summed E-state index contributed by atoms with van der Waals surface area (Å²) in [7, 11) is 0. The van der Waals surface area contributed by atoms with Gasteiger partial charge in [0.1, 0.15) is 6.61 Å². The Morgan fingerprint density at radius 2 is 1.84 bits per heavy atom. The van der Waals surface area contributed by atoms with Crippen molar-refractivity contribution in [2.75, 3.05) is 36.5 Å². The molecule has 3 amide bonds. The van der Waals surface area contributed by atoms with Crippen LogP contribution in [0.5, 0.6) is 0 Å². The Morgan fingerprint density at radius 3 is 2.56 bits per heavy atom. The fourth-order valence-electron chi connectivity index (χ4n) is 3.81. The van der Waals surface area contributed by atoms with E-state index < -0.39 is 12.3 Å². The van der Waals surface area contributed by atoms with Crippen molar-refractivity contribution in [3.8, 4) is 0 Å². The summed E-state index contributed by atoms with van der Waals surface area (Å²) in [5.41, 5.74) is 2.18. The van der Waals surface area contributed by atoms with Crippen LogP contribution in [0.25, 0.3) is 0 Å². The molecule has 0 radical (unpaired) electrons. The van der Waals surface area contributed by atoms with Crippen LogP contribution in [-0.4, -0.2) is 55.3 Å². The number of hydrogen-bond acceptors (Lipinski definition) is 5. The van der Waals surface area contributed by atoms with Crippen molar-refractivity contribution >= 4 is 40.9 Å². The molecule has 8 nitrogen and oxygen atoms in total. The number of amides is 3. The highest BCUT2D eigenvalue weighted by Crippen LogP contribution is 2.22. The summed E-state index contributed by atoms with van der Waals surface area (Å²) in [5, 5.41) is 3.22. The molecule has 0 unspecified atom stereocenters. The summed E-state index contributed by atoms with van der Waals surface area (Å²) in [4.78, 5) is 40.4. The van der Waals surface area contributed by atoms with Gasteiger partial charge in [0.15, 0.2) is 6.23 Å². The van der Waals surface area contributed by atoms with E-state index in [-0.39, 0.29) is 24.8 Å². The Balaban J connectivity index is 1.32. The summed E-state index contributed by atoms with van der Waals surface area (Å²) < 4.78 is 10.6. The predicted molar refractivity (Wildman–Crippen MR) is 120 cm³/mol. The topological polar surface area (TPSA) is 88.2 Å². The van der Waals surface area contributed by atoms with Crippen LogP contribution >= 0.6 is 11.6 Å². The van der Waals surface area contributed by atoms with E-state index in [0.29, 0.717) is 36.8 Å². The lowest BCUT2D eigenvalue weighted by Crippen LogP contribution is -2.41. The van der Waals surface area contributed by atoms with Crippen molar-refractivity contribution in [1.82, 2.24) is 4.90 Å². The summed E-state index contributed by atoms with van der Waals surface area (Å²) in [5.74, 6) is -0.184. The SMILES string of the molecule is O=C(Nc1ccc(Cl)cc1)O[C@@H]1CCCN1C(=O)Cc1ccc(N2CCOCC2=O)cc1. The molecule has 32 heavy (non-hydrogen) atoms. The van der Waals surface area contributed by atoms with E-state index in [1.807, 2.05) is 24.3 Å². The van der Waals surface area contributed by atoms with Gasteiger partial charge in [-0.1, -0.05) is 23.7 Å². The highest BCUT2D eigenvalue weighted by atomic mass is 35.5. The molecule has 168 valence electrons. The Labute approximate surface area is 191 Å². The number of anilines is 2. The van der Waals surface area contributed by atoms with Crippen molar-refractivity contribution in [2.45, 2.75) is 25.5 Å². The van der Waals surface area contributed by atoms with Crippen LogP contribution in [0.3, 0.4) is 0 Å². The first-order valence-corrected chi connectivity index (χ1v) is 10.9. The highest BCUT2D eigenvalue weighted by molar-refractivity contribution is 6.30. The number of nitrogens with zero attached hydrogens (tertiary/aromatic N) is 2. The minimum absolute atomic E-state index is 0.0750. The summed E-state index contributed by atoms with van der Waals surface area (Å²) >= 11 is 5.85.